The third kappa shape index (κ3) is 4.02. The van der Waals surface area contributed by atoms with Crippen LogP contribution >= 0.6 is 0 Å². The van der Waals surface area contributed by atoms with Crippen LogP contribution in [0.2, 0.25) is 0 Å². The first kappa shape index (κ1) is 23.0. The number of oxime groups is 1. The lowest BCUT2D eigenvalue weighted by atomic mass is 9.53. The minimum absolute atomic E-state index is 0.0777. The first-order valence-corrected chi connectivity index (χ1v) is 12.6. The Balaban J connectivity index is 1.48. The van der Waals surface area contributed by atoms with Crippen molar-refractivity contribution in [3.8, 4) is 0 Å². The summed E-state index contributed by atoms with van der Waals surface area (Å²) in [5, 5.41) is 17.3. The number of carbonyl (C=O) groups excluding carboxylic acids is 2. The van der Waals surface area contributed by atoms with Gasteiger partial charge in [0.15, 0.2) is 5.78 Å². The number of hydrogen-bond donors (Lipinski definition) is 2. The molecule has 1 amide bonds. The number of benzene rings is 1. The maximum Gasteiger partial charge on any atom is 0.433 e. The summed E-state index contributed by atoms with van der Waals surface area (Å²) in [7, 11) is 0. The molecule has 1 aromatic carbocycles. The van der Waals surface area contributed by atoms with Gasteiger partial charge in [0, 0.05) is 18.9 Å². The number of aliphatic hydroxyl groups is 1. The van der Waals surface area contributed by atoms with Crippen LogP contribution < -0.4 is 5.32 Å². The van der Waals surface area contributed by atoms with E-state index in [-0.39, 0.29) is 23.2 Å². The van der Waals surface area contributed by atoms with E-state index >= 15 is 0 Å². The normalized spacial score (nSPS) is 32.7. The van der Waals surface area contributed by atoms with Crippen molar-refractivity contribution in [3.63, 3.8) is 0 Å². The second-order valence-electron chi connectivity index (χ2n) is 10.5. The maximum atomic E-state index is 12.1. The van der Waals surface area contributed by atoms with Gasteiger partial charge >= 0.3 is 6.09 Å². The number of hydrogen-bond acceptors (Lipinski definition) is 5. The minimum Gasteiger partial charge on any atom is -0.393 e. The molecule has 1 aromatic rings. The number of amides is 1. The number of ketones is 1. The summed E-state index contributed by atoms with van der Waals surface area (Å²) in [5.41, 5.74) is 6.22. The van der Waals surface area contributed by atoms with E-state index < -0.39 is 6.09 Å². The van der Waals surface area contributed by atoms with Gasteiger partial charge in [0.1, 0.15) is 0 Å². The van der Waals surface area contributed by atoms with Crippen molar-refractivity contribution in [1.82, 2.24) is 5.32 Å². The van der Waals surface area contributed by atoms with E-state index in [0.29, 0.717) is 24.8 Å². The molecule has 4 aliphatic carbocycles. The Morgan fingerprint density at radius 2 is 2.00 bits per heavy atom. The van der Waals surface area contributed by atoms with Crippen LogP contribution in [0.1, 0.15) is 75.8 Å². The highest BCUT2D eigenvalue weighted by molar-refractivity contribution is 5.93. The average molecular weight is 463 g/mol. The summed E-state index contributed by atoms with van der Waals surface area (Å²) in [6, 6.07) is 8.28. The largest absolute Gasteiger partial charge is 0.433 e. The molecule has 0 aliphatic heterocycles. The van der Waals surface area contributed by atoms with E-state index in [1.165, 1.54) is 28.5 Å². The van der Waals surface area contributed by atoms with Crippen LogP contribution in [0.25, 0.3) is 0 Å². The molecule has 2 N–H and O–H groups in total. The second-order valence-corrected chi connectivity index (χ2v) is 10.5. The Morgan fingerprint density at radius 1 is 1.21 bits per heavy atom. The maximum absolute atomic E-state index is 12.1. The molecule has 0 bridgehead atoms. The van der Waals surface area contributed by atoms with E-state index in [1.807, 2.05) is 25.1 Å². The highest BCUT2D eigenvalue weighted by Crippen LogP contribution is 2.63. The molecule has 180 valence electrons. The molecule has 0 spiro atoms. The van der Waals surface area contributed by atoms with Crippen molar-refractivity contribution in [2.45, 2.75) is 70.8 Å². The number of nitrogens with zero attached hydrogens (tertiary/aromatic N) is 1. The van der Waals surface area contributed by atoms with Crippen molar-refractivity contribution in [1.29, 1.82) is 0 Å². The Kier molecular flexibility index (Phi) is 6.19. The smallest absolute Gasteiger partial charge is 0.393 e. The molecule has 0 radical (unpaired) electrons. The zero-order valence-electron chi connectivity index (χ0n) is 20.0. The Hall–Kier alpha value is -2.73. The van der Waals surface area contributed by atoms with Gasteiger partial charge in [-0.2, -0.15) is 0 Å². The van der Waals surface area contributed by atoms with Crippen LogP contribution in [-0.2, 0) is 9.63 Å². The monoisotopic (exact) mass is 462 g/mol. The van der Waals surface area contributed by atoms with Gasteiger partial charge < -0.3 is 10.4 Å². The first-order chi connectivity index (χ1) is 16.4. The van der Waals surface area contributed by atoms with Crippen LogP contribution in [-0.4, -0.2) is 35.8 Å². The highest BCUT2D eigenvalue weighted by atomic mass is 16.7. The zero-order valence-corrected chi connectivity index (χ0v) is 20.0. The van der Waals surface area contributed by atoms with Crippen molar-refractivity contribution in [2.24, 2.45) is 22.4 Å². The van der Waals surface area contributed by atoms with Crippen LogP contribution in [0.3, 0.4) is 0 Å². The lowest BCUT2D eigenvalue weighted by Gasteiger charge is -2.52. The van der Waals surface area contributed by atoms with Gasteiger partial charge in [-0.1, -0.05) is 41.9 Å². The van der Waals surface area contributed by atoms with Crippen LogP contribution in [0.15, 0.2) is 52.2 Å². The lowest BCUT2D eigenvalue weighted by Crippen LogP contribution is -2.45. The van der Waals surface area contributed by atoms with Crippen molar-refractivity contribution >= 4 is 18.1 Å². The zero-order chi connectivity index (χ0) is 23.9. The predicted octanol–water partition coefficient (Wildman–Crippen LogP) is 5.03. The molecule has 6 heteroatoms. The van der Waals surface area contributed by atoms with E-state index in [4.69, 9.17) is 4.84 Å². The summed E-state index contributed by atoms with van der Waals surface area (Å²) in [6.45, 7) is 4.60. The van der Waals surface area contributed by atoms with Gasteiger partial charge in [0.05, 0.1) is 12.3 Å². The molecule has 2 fully saturated rings. The summed E-state index contributed by atoms with van der Waals surface area (Å²) in [5.74, 6) is 1.49. The summed E-state index contributed by atoms with van der Waals surface area (Å²) >= 11 is 0. The molecule has 4 aliphatic rings. The average Bonchev–Trinajstić information content (AvgIpc) is 3.13. The number of aliphatic hydroxyl groups excluding tert-OH is 1. The molecule has 0 saturated heterocycles. The van der Waals surface area contributed by atoms with Crippen molar-refractivity contribution in [2.75, 3.05) is 6.54 Å². The van der Waals surface area contributed by atoms with Crippen LogP contribution in [0, 0.1) is 17.3 Å². The highest BCUT2D eigenvalue weighted by Gasteiger charge is 2.56. The summed E-state index contributed by atoms with van der Waals surface area (Å²) in [4.78, 5) is 28.3. The molecular formula is C28H34N2O4. The second kappa shape index (κ2) is 9.14. The molecule has 2 unspecified atom stereocenters. The minimum atomic E-state index is -0.568. The van der Waals surface area contributed by atoms with Gasteiger partial charge in [-0.3, -0.25) is 9.63 Å². The van der Waals surface area contributed by atoms with Gasteiger partial charge in [-0.05, 0) is 91.0 Å². The van der Waals surface area contributed by atoms with E-state index in [2.05, 4.69) is 29.5 Å². The Morgan fingerprint density at radius 3 is 2.76 bits per heavy atom. The molecule has 34 heavy (non-hydrogen) atoms. The van der Waals surface area contributed by atoms with Gasteiger partial charge in [-0.15, -0.1) is 0 Å². The van der Waals surface area contributed by atoms with Gasteiger partial charge in [0.2, 0.25) is 0 Å². The molecule has 2 saturated carbocycles. The SMILES string of the molecule is CCNC(=O)O/N=C/c1ccc([C@H]2C[C@@]3(C)C(CC[C@@H]3O)C3CCC4=CC(=O)CCC4=C32)cc1. The number of nitrogens with one attached hydrogen (secondary N) is 1. The fourth-order valence-corrected chi connectivity index (χ4v) is 7.06. The van der Waals surface area contributed by atoms with E-state index in [0.717, 1.165) is 44.1 Å². The molecule has 6 nitrogen and oxygen atoms in total. The fraction of sp³-hybridized carbons (Fsp3) is 0.536. The van der Waals surface area contributed by atoms with Gasteiger partial charge in [-0.25, -0.2) is 4.79 Å². The molecule has 0 heterocycles. The Labute approximate surface area is 201 Å². The van der Waals surface area contributed by atoms with E-state index in [1.54, 1.807) is 0 Å². The van der Waals surface area contributed by atoms with Crippen molar-refractivity contribution in [3.05, 3.63) is 58.2 Å². The third-order valence-electron chi connectivity index (χ3n) is 8.68. The number of fused-ring (bicyclic) bond motifs is 4. The lowest BCUT2D eigenvalue weighted by molar-refractivity contribution is -0.114. The fourth-order valence-electron chi connectivity index (χ4n) is 7.06. The molecule has 0 aromatic heterocycles. The molecular weight excluding hydrogens is 428 g/mol. The first-order valence-electron chi connectivity index (χ1n) is 12.6. The molecule has 5 rings (SSSR count). The quantitative estimate of drug-likeness (QED) is 0.373. The number of allylic oxidation sites excluding steroid dienone is 4. The summed E-state index contributed by atoms with van der Waals surface area (Å²) in [6.07, 6.45) is 9.02. The van der Waals surface area contributed by atoms with Gasteiger partial charge in [0.25, 0.3) is 0 Å². The van der Waals surface area contributed by atoms with Crippen LogP contribution in [0.4, 0.5) is 4.79 Å². The van der Waals surface area contributed by atoms with E-state index in [9.17, 15) is 14.7 Å². The Bertz CT molecular complexity index is 1070. The summed E-state index contributed by atoms with van der Waals surface area (Å²) < 4.78 is 0. The van der Waals surface area contributed by atoms with Crippen LogP contribution in [0.5, 0.6) is 0 Å². The number of rotatable bonds is 4. The molecule has 5 atom stereocenters. The standard InChI is InChI=1S/C28H34N2O4/c1-3-29-27(33)34-30-16-17-4-6-18(7-5-17)23-15-28(2)24(12-13-25(28)32)22-10-8-19-14-20(31)9-11-21(19)26(22)23/h4-7,14,16,22-25,32H,3,8-13,15H2,1-2H3,(H,29,33)/b30-16+/t22?,23-,24?,25+,28+/m1/s1. The predicted molar refractivity (Wildman–Crippen MR) is 130 cm³/mol. The topological polar surface area (TPSA) is 88.0 Å². The van der Waals surface area contributed by atoms with Crippen molar-refractivity contribution < 1.29 is 19.5 Å². The number of carbonyl (C=O) groups is 2. The third-order valence-corrected chi connectivity index (χ3v) is 8.68.